The van der Waals surface area contributed by atoms with E-state index in [1.54, 1.807) is 6.33 Å². The lowest BCUT2D eigenvalue weighted by Crippen LogP contribution is -2.64. The quantitative estimate of drug-likeness (QED) is 0.412. The Morgan fingerprint density at radius 1 is 1.05 bits per heavy atom. The lowest BCUT2D eigenvalue weighted by atomic mass is 9.74. The van der Waals surface area contributed by atoms with Crippen molar-refractivity contribution in [2.24, 2.45) is 11.8 Å². The highest BCUT2D eigenvalue weighted by atomic mass is 35.5. The number of allylic oxidation sites excluding steroid dienone is 3. The first-order chi connectivity index (χ1) is 20.9. The van der Waals surface area contributed by atoms with Gasteiger partial charge in [-0.2, -0.15) is 5.10 Å². The first-order valence-electron chi connectivity index (χ1n) is 15.0. The number of anilines is 1. The SMILES string of the molecule is C[C@@]1(C(=O)N[C@H](Cc2ccc(Cl)cc2)C(=O)N2CCN(c3ccccc3Cn3cncn3)CC2)CC2C=CC=CC2CN1. The predicted molar refractivity (Wildman–Crippen MR) is 168 cm³/mol. The highest BCUT2D eigenvalue weighted by molar-refractivity contribution is 6.30. The molecule has 4 atom stereocenters. The van der Waals surface area contributed by atoms with E-state index in [0.29, 0.717) is 62.4 Å². The molecule has 2 unspecified atom stereocenters. The summed E-state index contributed by atoms with van der Waals surface area (Å²) in [6.07, 6.45) is 12.9. The zero-order chi connectivity index (χ0) is 29.8. The average molecular weight is 600 g/mol. The molecular formula is C33H38ClN7O2. The van der Waals surface area contributed by atoms with Crippen molar-refractivity contribution in [2.75, 3.05) is 37.6 Å². The number of benzene rings is 2. The third-order valence-electron chi connectivity index (χ3n) is 8.93. The number of para-hydroxylation sites is 1. The molecule has 2 aromatic carbocycles. The fourth-order valence-corrected chi connectivity index (χ4v) is 6.53. The molecule has 6 rings (SSSR count). The van der Waals surface area contributed by atoms with Gasteiger partial charge in [0.15, 0.2) is 0 Å². The maximum absolute atomic E-state index is 14.0. The number of piperidine rings is 1. The number of carbonyl (C=O) groups excluding carboxylic acids is 2. The molecule has 1 aromatic heterocycles. The van der Waals surface area contributed by atoms with Gasteiger partial charge in [-0.3, -0.25) is 9.59 Å². The smallest absolute Gasteiger partial charge is 0.245 e. The van der Waals surface area contributed by atoms with E-state index in [0.717, 1.165) is 23.4 Å². The normalized spacial score (nSPS) is 24.0. The third kappa shape index (κ3) is 6.68. The number of hydrogen-bond acceptors (Lipinski definition) is 6. The Hall–Kier alpha value is -3.95. The molecule has 9 nitrogen and oxygen atoms in total. The van der Waals surface area contributed by atoms with Crippen LogP contribution >= 0.6 is 11.6 Å². The Kier molecular flexibility index (Phi) is 8.63. The molecule has 2 amide bonds. The maximum atomic E-state index is 14.0. The molecular weight excluding hydrogens is 562 g/mol. The molecule has 2 fully saturated rings. The van der Waals surface area contributed by atoms with Crippen LogP contribution in [-0.4, -0.2) is 75.8 Å². The van der Waals surface area contributed by atoms with E-state index in [2.05, 4.69) is 62.1 Å². The topological polar surface area (TPSA) is 95.4 Å². The second-order valence-corrected chi connectivity index (χ2v) is 12.3. The highest BCUT2D eigenvalue weighted by Crippen LogP contribution is 2.33. The number of nitrogens with zero attached hydrogens (tertiary/aromatic N) is 5. The number of halogens is 1. The van der Waals surface area contributed by atoms with Gasteiger partial charge in [0.25, 0.3) is 0 Å². The van der Waals surface area contributed by atoms with Gasteiger partial charge < -0.3 is 20.4 Å². The minimum atomic E-state index is -0.762. The van der Waals surface area contributed by atoms with E-state index in [1.165, 1.54) is 6.33 Å². The molecule has 3 aliphatic rings. The molecule has 3 heterocycles. The number of piperazine rings is 1. The Labute approximate surface area is 257 Å². The summed E-state index contributed by atoms with van der Waals surface area (Å²) in [5, 5.41) is 11.5. The lowest BCUT2D eigenvalue weighted by molar-refractivity contribution is -0.138. The number of fused-ring (bicyclic) bond motifs is 1. The molecule has 3 aromatic rings. The van der Waals surface area contributed by atoms with Crippen molar-refractivity contribution in [1.82, 2.24) is 30.3 Å². The van der Waals surface area contributed by atoms with Crippen LogP contribution in [0.15, 0.2) is 85.5 Å². The van der Waals surface area contributed by atoms with Crippen molar-refractivity contribution in [1.29, 1.82) is 0 Å². The van der Waals surface area contributed by atoms with E-state index in [1.807, 2.05) is 52.9 Å². The molecule has 2 aliphatic heterocycles. The van der Waals surface area contributed by atoms with Crippen LogP contribution < -0.4 is 15.5 Å². The molecule has 43 heavy (non-hydrogen) atoms. The van der Waals surface area contributed by atoms with Crippen molar-refractivity contribution in [3.8, 4) is 0 Å². The molecule has 0 radical (unpaired) electrons. The van der Waals surface area contributed by atoms with Crippen molar-refractivity contribution in [3.63, 3.8) is 0 Å². The summed E-state index contributed by atoms with van der Waals surface area (Å²) in [6, 6.07) is 15.1. The summed E-state index contributed by atoms with van der Waals surface area (Å²) < 4.78 is 1.81. The summed E-state index contributed by atoms with van der Waals surface area (Å²) in [5.74, 6) is 0.487. The summed E-state index contributed by atoms with van der Waals surface area (Å²) >= 11 is 6.13. The standard InChI is InChI=1S/C33H38ClN7O2/c1-33(19-25-6-2-3-7-26(25)20-36-33)32(43)38-29(18-24-10-12-28(34)13-11-24)31(42)40-16-14-39(15-17-40)30-9-5-4-8-27(30)21-41-23-35-22-37-41/h2-13,22-23,25-26,29,36H,14-21H2,1H3,(H,38,43)/t25?,26?,29-,33+/m1/s1. The van der Waals surface area contributed by atoms with Crippen LogP contribution in [0.2, 0.25) is 5.02 Å². The number of rotatable bonds is 8. The molecule has 0 saturated carbocycles. The van der Waals surface area contributed by atoms with E-state index in [9.17, 15) is 9.59 Å². The first-order valence-corrected chi connectivity index (χ1v) is 15.4. The van der Waals surface area contributed by atoms with Gasteiger partial charge in [-0.15, -0.1) is 0 Å². The summed E-state index contributed by atoms with van der Waals surface area (Å²) in [7, 11) is 0. The fraction of sp³-hybridized carbons (Fsp3) is 0.394. The van der Waals surface area contributed by atoms with E-state index in [4.69, 9.17) is 11.6 Å². The number of carbonyl (C=O) groups is 2. The highest BCUT2D eigenvalue weighted by Gasteiger charge is 2.43. The van der Waals surface area contributed by atoms with Crippen LogP contribution in [0, 0.1) is 11.8 Å². The van der Waals surface area contributed by atoms with Gasteiger partial charge in [0.1, 0.15) is 18.7 Å². The largest absolute Gasteiger partial charge is 0.368 e. The van der Waals surface area contributed by atoms with Gasteiger partial charge in [-0.1, -0.05) is 66.2 Å². The molecule has 0 spiro atoms. The van der Waals surface area contributed by atoms with Gasteiger partial charge in [-0.05, 0) is 54.5 Å². The number of amides is 2. The Morgan fingerprint density at radius 2 is 1.79 bits per heavy atom. The minimum absolute atomic E-state index is 0.0587. The monoisotopic (exact) mass is 599 g/mol. The van der Waals surface area contributed by atoms with Gasteiger partial charge in [0, 0.05) is 49.9 Å². The lowest BCUT2D eigenvalue weighted by Gasteiger charge is -2.42. The zero-order valence-electron chi connectivity index (χ0n) is 24.4. The van der Waals surface area contributed by atoms with Crippen molar-refractivity contribution in [3.05, 3.63) is 102 Å². The van der Waals surface area contributed by atoms with Gasteiger partial charge in [0.2, 0.25) is 11.8 Å². The van der Waals surface area contributed by atoms with Gasteiger partial charge >= 0.3 is 0 Å². The molecule has 2 saturated heterocycles. The molecule has 1 aliphatic carbocycles. The maximum Gasteiger partial charge on any atom is 0.245 e. The minimum Gasteiger partial charge on any atom is -0.368 e. The number of aromatic nitrogens is 3. The van der Waals surface area contributed by atoms with Crippen molar-refractivity contribution < 1.29 is 9.59 Å². The predicted octanol–water partition coefficient (Wildman–Crippen LogP) is 3.47. The van der Waals surface area contributed by atoms with Crippen LogP contribution in [0.4, 0.5) is 5.69 Å². The van der Waals surface area contributed by atoms with Gasteiger partial charge in [0.05, 0.1) is 12.1 Å². The average Bonchev–Trinajstić information content (AvgIpc) is 3.55. The molecule has 224 valence electrons. The second kappa shape index (κ2) is 12.7. The van der Waals surface area contributed by atoms with Crippen LogP contribution in [-0.2, 0) is 22.6 Å². The third-order valence-corrected chi connectivity index (χ3v) is 9.18. The van der Waals surface area contributed by atoms with Crippen molar-refractivity contribution >= 4 is 29.1 Å². The summed E-state index contributed by atoms with van der Waals surface area (Å²) in [5.41, 5.74) is 2.48. The van der Waals surface area contributed by atoms with Crippen LogP contribution in [0.5, 0.6) is 0 Å². The number of hydrogen-bond donors (Lipinski definition) is 2. The molecule has 0 bridgehead atoms. The van der Waals surface area contributed by atoms with E-state index in [-0.39, 0.29) is 11.8 Å². The van der Waals surface area contributed by atoms with Crippen LogP contribution in [0.25, 0.3) is 0 Å². The molecule has 2 N–H and O–H groups in total. The second-order valence-electron chi connectivity index (χ2n) is 11.9. The Balaban J connectivity index is 1.14. The van der Waals surface area contributed by atoms with E-state index < -0.39 is 11.6 Å². The number of nitrogens with one attached hydrogen (secondary N) is 2. The zero-order valence-corrected chi connectivity index (χ0v) is 25.2. The first kappa shape index (κ1) is 29.1. The Morgan fingerprint density at radius 3 is 2.53 bits per heavy atom. The summed E-state index contributed by atoms with van der Waals surface area (Å²) in [4.78, 5) is 36.1. The summed E-state index contributed by atoms with van der Waals surface area (Å²) in [6.45, 7) is 5.84. The van der Waals surface area contributed by atoms with Crippen LogP contribution in [0.3, 0.4) is 0 Å². The molecule has 10 heteroatoms. The fourth-order valence-electron chi connectivity index (χ4n) is 6.40. The van der Waals surface area contributed by atoms with E-state index >= 15 is 0 Å². The van der Waals surface area contributed by atoms with Crippen LogP contribution in [0.1, 0.15) is 24.5 Å². The Bertz CT molecular complexity index is 1480. The van der Waals surface area contributed by atoms with Crippen molar-refractivity contribution in [2.45, 2.75) is 37.9 Å². The van der Waals surface area contributed by atoms with Gasteiger partial charge in [-0.25, -0.2) is 9.67 Å².